The molecule has 2 aromatic carbocycles. The quantitative estimate of drug-likeness (QED) is 0.787. The minimum absolute atomic E-state index is 0.0462. The van der Waals surface area contributed by atoms with Crippen molar-refractivity contribution < 1.29 is 5.11 Å². The highest BCUT2D eigenvalue weighted by Crippen LogP contribution is 2.28. The van der Waals surface area contributed by atoms with Gasteiger partial charge in [0.1, 0.15) is 0 Å². The summed E-state index contributed by atoms with van der Waals surface area (Å²) >= 11 is 0. The number of nitrogens with zero attached hydrogens (tertiary/aromatic N) is 2. The van der Waals surface area contributed by atoms with Gasteiger partial charge in [-0.3, -0.25) is 0 Å². The van der Waals surface area contributed by atoms with Gasteiger partial charge in [-0.25, -0.2) is 4.98 Å². The largest absolute Gasteiger partial charge is 0.386 e. The first-order valence-corrected chi connectivity index (χ1v) is 7.06. The van der Waals surface area contributed by atoms with Gasteiger partial charge in [-0.15, -0.1) is 0 Å². The van der Waals surface area contributed by atoms with E-state index in [1.54, 1.807) is 12.5 Å². The van der Waals surface area contributed by atoms with Crippen molar-refractivity contribution in [3.05, 3.63) is 78.9 Å². The van der Waals surface area contributed by atoms with Crippen LogP contribution in [0, 0.1) is 0 Å². The van der Waals surface area contributed by atoms with Gasteiger partial charge in [0, 0.05) is 12.4 Å². The predicted molar refractivity (Wildman–Crippen MR) is 83.8 cm³/mol. The van der Waals surface area contributed by atoms with Crippen LogP contribution in [0.2, 0.25) is 0 Å². The highest BCUT2D eigenvalue weighted by Gasteiger charge is 2.17. The second kappa shape index (κ2) is 5.94. The highest BCUT2D eigenvalue weighted by molar-refractivity contribution is 5.63. The van der Waals surface area contributed by atoms with Crippen molar-refractivity contribution in [1.29, 1.82) is 0 Å². The number of imidazole rings is 1. The van der Waals surface area contributed by atoms with Gasteiger partial charge in [-0.1, -0.05) is 54.6 Å². The van der Waals surface area contributed by atoms with E-state index in [9.17, 15) is 5.11 Å². The molecule has 1 N–H and O–H groups in total. The molecule has 1 heterocycles. The molecule has 1 aromatic heterocycles. The molecule has 0 bridgehead atoms. The van der Waals surface area contributed by atoms with Crippen LogP contribution >= 0.6 is 0 Å². The average molecular weight is 278 g/mol. The lowest BCUT2D eigenvalue weighted by atomic mass is 9.99. The Bertz CT molecular complexity index is 675. The Morgan fingerprint density at radius 1 is 0.952 bits per heavy atom. The van der Waals surface area contributed by atoms with E-state index in [1.807, 2.05) is 48.0 Å². The van der Waals surface area contributed by atoms with E-state index >= 15 is 0 Å². The zero-order chi connectivity index (χ0) is 14.7. The maximum atomic E-state index is 10.5. The van der Waals surface area contributed by atoms with Crippen LogP contribution in [-0.2, 0) is 0 Å². The van der Waals surface area contributed by atoms with Gasteiger partial charge >= 0.3 is 0 Å². The smallest absolute Gasteiger partial charge is 0.0994 e. The summed E-state index contributed by atoms with van der Waals surface area (Å²) in [4.78, 5) is 4.02. The first-order valence-electron chi connectivity index (χ1n) is 7.06. The van der Waals surface area contributed by atoms with Crippen molar-refractivity contribution >= 4 is 0 Å². The third kappa shape index (κ3) is 2.88. The molecule has 3 heteroatoms. The summed E-state index contributed by atoms with van der Waals surface area (Å²) in [5.74, 6) is 0. The molecule has 3 rings (SSSR count). The van der Waals surface area contributed by atoms with Gasteiger partial charge in [-0.2, -0.15) is 0 Å². The van der Waals surface area contributed by atoms with Crippen LogP contribution in [-0.4, -0.2) is 14.7 Å². The van der Waals surface area contributed by atoms with Gasteiger partial charge in [0.2, 0.25) is 0 Å². The maximum Gasteiger partial charge on any atom is 0.0994 e. The van der Waals surface area contributed by atoms with Crippen molar-refractivity contribution in [3.63, 3.8) is 0 Å². The van der Waals surface area contributed by atoms with Gasteiger partial charge in [0.15, 0.2) is 0 Å². The lowest BCUT2D eigenvalue weighted by Gasteiger charge is -2.20. The van der Waals surface area contributed by atoms with Gasteiger partial charge in [0.25, 0.3) is 0 Å². The Morgan fingerprint density at radius 2 is 1.62 bits per heavy atom. The van der Waals surface area contributed by atoms with E-state index in [2.05, 4.69) is 29.2 Å². The van der Waals surface area contributed by atoms with Crippen LogP contribution in [0.1, 0.15) is 24.6 Å². The van der Waals surface area contributed by atoms with E-state index in [0.29, 0.717) is 0 Å². The molecule has 21 heavy (non-hydrogen) atoms. The average Bonchev–Trinajstić information content (AvgIpc) is 3.09. The predicted octanol–water partition coefficient (Wildman–Crippen LogP) is 3.84. The van der Waals surface area contributed by atoms with E-state index in [1.165, 1.54) is 5.56 Å². The van der Waals surface area contributed by atoms with Crippen molar-refractivity contribution in [2.24, 2.45) is 0 Å². The molecule has 3 nitrogen and oxygen atoms in total. The molecule has 106 valence electrons. The fraction of sp³-hybridized carbons (Fsp3) is 0.167. The van der Waals surface area contributed by atoms with Crippen LogP contribution in [0.3, 0.4) is 0 Å². The Morgan fingerprint density at radius 3 is 2.24 bits per heavy atom. The number of hydrogen-bond donors (Lipinski definition) is 1. The topological polar surface area (TPSA) is 38.0 Å². The maximum absolute atomic E-state index is 10.5. The fourth-order valence-electron chi connectivity index (χ4n) is 2.46. The molecular formula is C18H18N2O. The molecule has 0 unspecified atom stereocenters. The third-order valence-electron chi connectivity index (χ3n) is 3.81. The minimum Gasteiger partial charge on any atom is -0.386 e. The van der Waals surface area contributed by atoms with Crippen LogP contribution in [0.25, 0.3) is 11.1 Å². The van der Waals surface area contributed by atoms with Gasteiger partial charge in [0.05, 0.1) is 18.5 Å². The number of hydrogen-bond acceptors (Lipinski definition) is 2. The molecule has 3 aromatic rings. The summed E-state index contributed by atoms with van der Waals surface area (Å²) < 4.78 is 1.91. The first-order chi connectivity index (χ1) is 10.3. The molecule has 2 atom stereocenters. The Kier molecular flexibility index (Phi) is 3.84. The van der Waals surface area contributed by atoms with Crippen molar-refractivity contribution in [2.75, 3.05) is 0 Å². The molecule has 0 spiro atoms. The third-order valence-corrected chi connectivity index (χ3v) is 3.81. The van der Waals surface area contributed by atoms with Gasteiger partial charge in [-0.05, 0) is 23.6 Å². The summed E-state index contributed by atoms with van der Waals surface area (Å²) in [5.41, 5.74) is 3.25. The summed E-state index contributed by atoms with van der Waals surface area (Å²) in [5, 5.41) is 10.5. The van der Waals surface area contributed by atoms with Crippen molar-refractivity contribution in [1.82, 2.24) is 9.55 Å². The van der Waals surface area contributed by atoms with E-state index in [-0.39, 0.29) is 6.04 Å². The standard InChI is InChI=1S/C18H18N2O/c1-14(20-12-11-19-13-20)18(21)17-9-7-16(8-10-17)15-5-3-2-4-6-15/h2-14,18,21H,1H3/t14-,18+/m0/s1. The summed E-state index contributed by atoms with van der Waals surface area (Å²) in [6, 6.07) is 18.3. The lowest BCUT2D eigenvalue weighted by molar-refractivity contribution is 0.122. The second-order valence-corrected chi connectivity index (χ2v) is 5.18. The SMILES string of the molecule is C[C@@H]([C@@H](O)c1ccc(-c2ccccc2)cc1)n1ccnc1. The minimum atomic E-state index is -0.552. The number of aromatic nitrogens is 2. The molecule has 0 amide bonds. The van der Waals surface area contributed by atoms with Crippen LogP contribution in [0.5, 0.6) is 0 Å². The molecule has 0 saturated heterocycles. The number of benzene rings is 2. The van der Waals surface area contributed by atoms with Crippen LogP contribution < -0.4 is 0 Å². The Labute approximate surface area is 124 Å². The fourth-order valence-corrected chi connectivity index (χ4v) is 2.46. The molecule has 0 aliphatic carbocycles. The van der Waals surface area contributed by atoms with E-state index in [0.717, 1.165) is 11.1 Å². The highest BCUT2D eigenvalue weighted by atomic mass is 16.3. The first kappa shape index (κ1) is 13.6. The van der Waals surface area contributed by atoms with E-state index in [4.69, 9.17) is 0 Å². The number of aliphatic hydroxyl groups excluding tert-OH is 1. The van der Waals surface area contributed by atoms with Crippen LogP contribution in [0.15, 0.2) is 73.3 Å². The monoisotopic (exact) mass is 278 g/mol. The number of rotatable bonds is 4. The van der Waals surface area contributed by atoms with Gasteiger partial charge < -0.3 is 9.67 Å². The van der Waals surface area contributed by atoms with Crippen molar-refractivity contribution in [3.8, 4) is 11.1 Å². The Balaban J connectivity index is 1.81. The molecule has 0 saturated carbocycles. The normalized spacial score (nSPS) is 13.8. The zero-order valence-electron chi connectivity index (χ0n) is 11.9. The lowest BCUT2D eigenvalue weighted by Crippen LogP contribution is -2.13. The summed E-state index contributed by atoms with van der Waals surface area (Å²) in [6.45, 7) is 1.98. The van der Waals surface area contributed by atoms with E-state index < -0.39 is 6.10 Å². The molecular weight excluding hydrogens is 260 g/mol. The number of aliphatic hydroxyl groups is 1. The molecule has 0 radical (unpaired) electrons. The molecule has 0 fully saturated rings. The van der Waals surface area contributed by atoms with Crippen LogP contribution in [0.4, 0.5) is 0 Å². The van der Waals surface area contributed by atoms with Crippen molar-refractivity contribution in [2.45, 2.75) is 19.1 Å². The Hall–Kier alpha value is -2.39. The summed E-state index contributed by atoms with van der Waals surface area (Å²) in [7, 11) is 0. The zero-order valence-corrected chi connectivity index (χ0v) is 11.9. The second-order valence-electron chi connectivity index (χ2n) is 5.18. The summed E-state index contributed by atoms with van der Waals surface area (Å²) in [6.07, 6.45) is 4.77. The molecule has 0 aliphatic rings. The molecule has 0 aliphatic heterocycles.